The Balaban J connectivity index is 1.67. The molecular formula is C13H15N7O. The number of rotatable bonds is 5. The lowest BCUT2D eigenvalue weighted by Gasteiger charge is -2.06. The van der Waals surface area contributed by atoms with E-state index in [-0.39, 0.29) is 5.56 Å². The molecule has 0 aliphatic rings. The summed E-state index contributed by atoms with van der Waals surface area (Å²) in [7, 11) is 0. The molecule has 8 nitrogen and oxygen atoms in total. The van der Waals surface area contributed by atoms with Crippen molar-refractivity contribution in [1.29, 1.82) is 0 Å². The molecule has 0 atom stereocenters. The Morgan fingerprint density at radius 1 is 1.38 bits per heavy atom. The molecule has 0 amide bonds. The fourth-order valence-electron chi connectivity index (χ4n) is 2.04. The molecule has 4 N–H and O–H groups in total. The number of benzene rings is 1. The van der Waals surface area contributed by atoms with E-state index in [1.807, 2.05) is 0 Å². The lowest BCUT2D eigenvalue weighted by molar-refractivity contribution is 0.569. The van der Waals surface area contributed by atoms with Gasteiger partial charge in [-0.05, 0) is 24.6 Å². The average Bonchev–Trinajstić information content (AvgIpc) is 2.98. The van der Waals surface area contributed by atoms with Crippen LogP contribution in [-0.4, -0.2) is 31.5 Å². The van der Waals surface area contributed by atoms with Gasteiger partial charge in [0.05, 0.1) is 17.1 Å². The zero-order chi connectivity index (χ0) is 14.7. The summed E-state index contributed by atoms with van der Waals surface area (Å²) in [5.41, 5.74) is 6.63. The van der Waals surface area contributed by atoms with Gasteiger partial charge >= 0.3 is 0 Å². The first kappa shape index (κ1) is 13.1. The number of aromatic nitrogens is 5. The van der Waals surface area contributed by atoms with Crippen LogP contribution in [0.3, 0.4) is 0 Å². The monoisotopic (exact) mass is 285 g/mol. The SMILES string of the molecule is Nc1ccc2nc(NCCCn3ccnn3)[nH]c(=O)c2c1. The topological polar surface area (TPSA) is 115 Å². The van der Waals surface area contributed by atoms with Gasteiger partial charge in [-0.25, -0.2) is 4.98 Å². The summed E-state index contributed by atoms with van der Waals surface area (Å²) >= 11 is 0. The summed E-state index contributed by atoms with van der Waals surface area (Å²) in [5, 5.41) is 11.2. The second kappa shape index (κ2) is 5.61. The van der Waals surface area contributed by atoms with Crippen LogP contribution in [0.15, 0.2) is 35.4 Å². The second-order valence-electron chi connectivity index (χ2n) is 4.64. The molecule has 0 unspecified atom stereocenters. The van der Waals surface area contributed by atoms with Crippen LogP contribution in [0.1, 0.15) is 6.42 Å². The molecular weight excluding hydrogens is 270 g/mol. The van der Waals surface area contributed by atoms with Crippen LogP contribution < -0.4 is 16.6 Å². The fourth-order valence-corrected chi connectivity index (χ4v) is 2.04. The third-order valence-electron chi connectivity index (χ3n) is 3.06. The Kier molecular flexibility index (Phi) is 3.50. The summed E-state index contributed by atoms with van der Waals surface area (Å²) in [6.45, 7) is 1.42. The highest BCUT2D eigenvalue weighted by Gasteiger charge is 2.03. The number of aromatic amines is 1. The van der Waals surface area contributed by atoms with Crippen molar-refractivity contribution in [2.75, 3.05) is 17.6 Å². The van der Waals surface area contributed by atoms with Crippen molar-refractivity contribution in [2.45, 2.75) is 13.0 Å². The molecule has 0 aliphatic heterocycles. The molecule has 8 heteroatoms. The first-order valence-electron chi connectivity index (χ1n) is 6.60. The first-order valence-corrected chi connectivity index (χ1v) is 6.60. The van der Waals surface area contributed by atoms with Gasteiger partial charge in [0.15, 0.2) is 0 Å². The lowest BCUT2D eigenvalue weighted by atomic mass is 10.2. The van der Waals surface area contributed by atoms with Crippen molar-refractivity contribution in [1.82, 2.24) is 25.0 Å². The predicted molar refractivity (Wildman–Crippen MR) is 79.9 cm³/mol. The normalized spacial score (nSPS) is 10.9. The molecule has 2 aromatic heterocycles. The van der Waals surface area contributed by atoms with E-state index in [0.29, 0.717) is 29.1 Å². The van der Waals surface area contributed by atoms with Gasteiger partial charge < -0.3 is 11.1 Å². The van der Waals surface area contributed by atoms with E-state index in [2.05, 4.69) is 25.6 Å². The maximum absolute atomic E-state index is 12.0. The van der Waals surface area contributed by atoms with Gasteiger partial charge in [0.1, 0.15) is 0 Å². The number of nitrogens with zero attached hydrogens (tertiary/aromatic N) is 4. The van der Waals surface area contributed by atoms with Crippen LogP contribution >= 0.6 is 0 Å². The van der Waals surface area contributed by atoms with Crippen LogP contribution in [0.2, 0.25) is 0 Å². The van der Waals surface area contributed by atoms with E-state index in [9.17, 15) is 4.79 Å². The average molecular weight is 285 g/mol. The van der Waals surface area contributed by atoms with Crippen LogP contribution in [0, 0.1) is 0 Å². The molecule has 0 fully saturated rings. The van der Waals surface area contributed by atoms with Crippen LogP contribution in [0.25, 0.3) is 10.9 Å². The molecule has 0 spiro atoms. The van der Waals surface area contributed by atoms with E-state index >= 15 is 0 Å². The van der Waals surface area contributed by atoms with Crippen molar-refractivity contribution in [2.24, 2.45) is 0 Å². The second-order valence-corrected chi connectivity index (χ2v) is 4.64. The minimum Gasteiger partial charge on any atom is -0.399 e. The van der Waals surface area contributed by atoms with E-state index in [1.54, 1.807) is 35.3 Å². The van der Waals surface area contributed by atoms with Gasteiger partial charge in [-0.1, -0.05) is 5.21 Å². The number of nitrogens with one attached hydrogen (secondary N) is 2. The van der Waals surface area contributed by atoms with Gasteiger partial charge in [0.2, 0.25) is 5.95 Å². The minimum atomic E-state index is -0.203. The quantitative estimate of drug-likeness (QED) is 0.467. The Hall–Kier alpha value is -2.90. The molecule has 0 saturated carbocycles. The zero-order valence-corrected chi connectivity index (χ0v) is 11.3. The minimum absolute atomic E-state index is 0.203. The number of anilines is 2. The Bertz CT molecular complexity index is 794. The molecule has 108 valence electrons. The van der Waals surface area contributed by atoms with Crippen molar-refractivity contribution in [3.63, 3.8) is 0 Å². The number of hydrogen-bond acceptors (Lipinski definition) is 6. The van der Waals surface area contributed by atoms with Gasteiger partial charge in [-0.15, -0.1) is 5.10 Å². The molecule has 3 rings (SSSR count). The van der Waals surface area contributed by atoms with Crippen molar-refractivity contribution in [3.8, 4) is 0 Å². The Morgan fingerprint density at radius 3 is 3.10 bits per heavy atom. The van der Waals surface area contributed by atoms with Crippen molar-refractivity contribution >= 4 is 22.5 Å². The van der Waals surface area contributed by atoms with Gasteiger partial charge in [-0.3, -0.25) is 14.5 Å². The van der Waals surface area contributed by atoms with Crippen LogP contribution in [0.5, 0.6) is 0 Å². The standard InChI is InChI=1S/C13H15N7O/c14-9-2-3-11-10(8-9)12(21)18-13(17-11)15-4-1-6-20-7-5-16-19-20/h2-3,5,7-8H,1,4,6,14H2,(H2,15,17,18,21). The third-order valence-corrected chi connectivity index (χ3v) is 3.06. The van der Waals surface area contributed by atoms with Gasteiger partial charge in [0.25, 0.3) is 5.56 Å². The van der Waals surface area contributed by atoms with Crippen LogP contribution in [0.4, 0.5) is 11.6 Å². The summed E-state index contributed by atoms with van der Waals surface area (Å²) in [4.78, 5) is 19.0. The summed E-state index contributed by atoms with van der Waals surface area (Å²) in [6, 6.07) is 5.08. The number of H-pyrrole nitrogens is 1. The number of aryl methyl sites for hydroxylation is 1. The molecule has 0 aliphatic carbocycles. The van der Waals surface area contributed by atoms with Crippen molar-refractivity contribution < 1.29 is 0 Å². The maximum atomic E-state index is 12.0. The highest BCUT2D eigenvalue weighted by atomic mass is 16.1. The molecule has 3 aromatic rings. The zero-order valence-electron chi connectivity index (χ0n) is 11.3. The fraction of sp³-hybridized carbons (Fsp3) is 0.231. The highest BCUT2D eigenvalue weighted by Crippen LogP contribution is 2.12. The number of nitrogens with two attached hydrogens (primary N) is 1. The highest BCUT2D eigenvalue weighted by molar-refractivity contribution is 5.81. The number of nitrogen functional groups attached to an aromatic ring is 1. The van der Waals surface area contributed by atoms with E-state index in [4.69, 9.17) is 5.73 Å². The maximum Gasteiger partial charge on any atom is 0.260 e. The Morgan fingerprint density at radius 2 is 2.29 bits per heavy atom. The first-order chi connectivity index (χ1) is 10.2. The Labute approximate surface area is 120 Å². The molecule has 0 radical (unpaired) electrons. The van der Waals surface area contributed by atoms with Gasteiger partial charge in [-0.2, -0.15) is 0 Å². The number of hydrogen-bond donors (Lipinski definition) is 3. The third kappa shape index (κ3) is 2.99. The predicted octanol–water partition coefficient (Wildman–Crippen LogP) is 0.599. The number of fused-ring (bicyclic) bond motifs is 1. The summed E-state index contributed by atoms with van der Waals surface area (Å²) in [5.74, 6) is 0.455. The van der Waals surface area contributed by atoms with E-state index in [1.165, 1.54) is 0 Å². The summed E-state index contributed by atoms with van der Waals surface area (Å²) < 4.78 is 1.75. The lowest BCUT2D eigenvalue weighted by Crippen LogP contribution is -2.15. The van der Waals surface area contributed by atoms with Crippen molar-refractivity contribution in [3.05, 3.63) is 40.9 Å². The van der Waals surface area contributed by atoms with Crippen LogP contribution in [-0.2, 0) is 6.54 Å². The molecule has 21 heavy (non-hydrogen) atoms. The van der Waals surface area contributed by atoms with E-state index < -0.39 is 0 Å². The largest absolute Gasteiger partial charge is 0.399 e. The smallest absolute Gasteiger partial charge is 0.260 e. The van der Waals surface area contributed by atoms with Gasteiger partial charge in [0, 0.05) is 25.0 Å². The van der Waals surface area contributed by atoms with E-state index in [0.717, 1.165) is 13.0 Å². The molecule has 0 bridgehead atoms. The molecule has 1 aromatic carbocycles. The molecule has 2 heterocycles. The molecule has 0 saturated heterocycles. The summed E-state index contributed by atoms with van der Waals surface area (Å²) in [6.07, 6.45) is 4.29.